The molecule has 0 fully saturated rings. The number of likely N-dealkylation sites (N-methyl/N-ethyl adjacent to an activating group) is 1. The topological polar surface area (TPSA) is 84.3 Å². The maximum atomic E-state index is 12.4. The van der Waals surface area contributed by atoms with E-state index in [9.17, 15) is 14.4 Å². The number of fused-ring (bicyclic) bond motifs is 1. The van der Waals surface area contributed by atoms with Crippen LogP contribution in [0, 0.1) is 13.8 Å². The van der Waals surface area contributed by atoms with Gasteiger partial charge in [-0.25, -0.2) is 4.98 Å². The van der Waals surface area contributed by atoms with E-state index in [1.165, 1.54) is 27.1 Å². The highest BCUT2D eigenvalue weighted by molar-refractivity contribution is 7.18. The van der Waals surface area contributed by atoms with Gasteiger partial charge in [-0.1, -0.05) is 0 Å². The zero-order valence-corrected chi connectivity index (χ0v) is 13.8. The number of carbonyl (C=O) groups excluding carboxylic acids is 2. The minimum Gasteiger partial charge on any atom is -0.347 e. The molecule has 0 spiro atoms. The highest BCUT2D eigenvalue weighted by Crippen LogP contribution is 2.25. The normalized spacial score (nSPS) is 10.7. The molecule has 0 aliphatic heterocycles. The first-order valence-corrected chi connectivity index (χ1v) is 7.55. The summed E-state index contributed by atoms with van der Waals surface area (Å²) in [5.41, 5.74) is 0.663. The molecule has 0 atom stereocenters. The number of amides is 2. The molecule has 7 nitrogen and oxygen atoms in total. The Balaban J connectivity index is 2.17. The highest BCUT2D eigenvalue weighted by Gasteiger charge is 2.14. The van der Waals surface area contributed by atoms with Gasteiger partial charge in [-0.2, -0.15) is 0 Å². The first kappa shape index (κ1) is 16.2. The SMILES string of the molecule is Cc1sc2ncn(CC(=O)NCC(=O)N(C)C)c(=O)c2c1C. The number of carbonyl (C=O) groups is 2. The largest absolute Gasteiger partial charge is 0.347 e. The first-order chi connectivity index (χ1) is 10.3. The molecule has 0 saturated carbocycles. The molecule has 0 aromatic carbocycles. The van der Waals surface area contributed by atoms with E-state index in [-0.39, 0.29) is 24.6 Å². The van der Waals surface area contributed by atoms with Gasteiger partial charge in [-0.3, -0.25) is 19.0 Å². The Morgan fingerprint density at radius 2 is 2.05 bits per heavy atom. The van der Waals surface area contributed by atoms with Crippen molar-refractivity contribution in [3.8, 4) is 0 Å². The Morgan fingerprint density at radius 3 is 2.68 bits per heavy atom. The van der Waals surface area contributed by atoms with E-state index >= 15 is 0 Å². The molecule has 0 aliphatic carbocycles. The number of hydrogen-bond acceptors (Lipinski definition) is 5. The van der Waals surface area contributed by atoms with Crippen LogP contribution in [0.2, 0.25) is 0 Å². The van der Waals surface area contributed by atoms with Crippen LogP contribution in [0.15, 0.2) is 11.1 Å². The quantitative estimate of drug-likeness (QED) is 0.876. The predicted octanol–water partition coefficient (Wildman–Crippen LogP) is 0.279. The maximum absolute atomic E-state index is 12.4. The molecule has 2 rings (SSSR count). The van der Waals surface area contributed by atoms with Crippen molar-refractivity contribution in [3.05, 3.63) is 27.1 Å². The van der Waals surface area contributed by atoms with Crippen LogP contribution >= 0.6 is 11.3 Å². The molecule has 1 N–H and O–H groups in total. The van der Waals surface area contributed by atoms with E-state index in [2.05, 4.69) is 10.3 Å². The van der Waals surface area contributed by atoms with Gasteiger partial charge in [0, 0.05) is 19.0 Å². The van der Waals surface area contributed by atoms with Crippen LogP contribution in [-0.2, 0) is 16.1 Å². The fourth-order valence-corrected chi connectivity index (χ4v) is 2.91. The minimum absolute atomic E-state index is 0.0904. The molecule has 2 amide bonds. The molecule has 2 aromatic heterocycles. The Labute approximate surface area is 131 Å². The minimum atomic E-state index is -0.400. The average molecular weight is 322 g/mol. The van der Waals surface area contributed by atoms with Crippen LogP contribution in [-0.4, -0.2) is 46.9 Å². The van der Waals surface area contributed by atoms with Crippen LogP contribution in [0.3, 0.4) is 0 Å². The summed E-state index contributed by atoms with van der Waals surface area (Å²) in [7, 11) is 3.22. The third-order valence-corrected chi connectivity index (χ3v) is 4.52. The Kier molecular flexibility index (Phi) is 4.60. The summed E-state index contributed by atoms with van der Waals surface area (Å²) in [5, 5.41) is 3.05. The van der Waals surface area contributed by atoms with Crippen molar-refractivity contribution in [2.45, 2.75) is 20.4 Å². The van der Waals surface area contributed by atoms with E-state index in [4.69, 9.17) is 0 Å². The van der Waals surface area contributed by atoms with Gasteiger partial charge >= 0.3 is 0 Å². The fraction of sp³-hybridized carbons (Fsp3) is 0.429. The molecule has 2 heterocycles. The zero-order chi connectivity index (χ0) is 16.4. The van der Waals surface area contributed by atoms with Crippen molar-refractivity contribution >= 4 is 33.4 Å². The van der Waals surface area contributed by atoms with Gasteiger partial charge in [0.1, 0.15) is 11.4 Å². The molecule has 0 saturated heterocycles. The number of nitrogens with zero attached hydrogens (tertiary/aromatic N) is 3. The number of rotatable bonds is 4. The lowest BCUT2D eigenvalue weighted by Crippen LogP contribution is -2.39. The summed E-state index contributed by atoms with van der Waals surface area (Å²) in [6.07, 6.45) is 1.37. The lowest BCUT2D eigenvalue weighted by atomic mass is 10.2. The van der Waals surface area contributed by atoms with E-state index in [0.29, 0.717) is 10.2 Å². The molecule has 0 radical (unpaired) electrons. The van der Waals surface area contributed by atoms with Crippen molar-refractivity contribution in [1.82, 2.24) is 19.8 Å². The van der Waals surface area contributed by atoms with Gasteiger partial charge in [0.2, 0.25) is 11.8 Å². The highest BCUT2D eigenvalue weighted by atomic mass is 32.1. The monoisotopic (exact) mass is 322 g/mol. The van der Waals surface area contributed by atoms with Crippen LogP contribution in [0.4, 0.5) is 0 Å². The Morgan fingerprint density at radius 1 is 1.36 bits per heavy atom. The molecule has 8 heteroatoms. The van der Waals surface area contributed by atoms with Crippen molar-refractivity contribution in [2.75, 3.05) is 20.6 Å². The standard InChI is InChI=1S/C14H18N4O3S/c1-8-9(2)22-13-12(8)14(21)18(7-16-13)6-10(19)15-5-11(20)17(3)4/h7H,5-6H2,1-4H3,(H,15,19). The van der Waals surface area contributed by atoms with Gasteiger partial charge in [-0.15, -0.1) is 11.3 Å². The van der Waals surface area contributed by atoms with Crippen molar-refractivity contribution in [2.24, 2.45) is 0 Å². The lowest BCUT2D eigenvalue weighted by molar-refractivity contribution is -0.131. The second-order valence-corrected chi connectivity index (χ2v) is 6.41. The van der Waals surface area contributed by atoms with E-state index in [0.717, 1.165) is 10.4 Å². The molecule has 0 bridgehead atoms. The Hall–Kier alpha value is -2.22. The number of nitrogens with one attached hydrogen (secondary N) is 1. The predicted molar refractivity (Wildman–Crippen MR) is 85.1 cm³/mol. The molecule has 2 aromatic rings. The molecule has 118 valence electrons. The summed E-state index contributed by atoms with van der Waals surface area (Å²) in [4.78, 5) is 43.0. The summed E-state index contributed by atoms with van der Waals surface area (Å²) < 4.78 is 1.26. The fourth-order valence-electron chi connectivity index (χ4n) is 1.93. The second-order valence-electron chi connectivity index (χ2n) is 5.21. The third-order valence-electron chi connectivity index (χ3n) is 3.41. The Bertz CT molecular complexity index is 791. The summed E-state index contributed by atoms with van der Waals surface area (Å²) in [6, 6.07) is 0. The molecular weight excluding hydrogens is 304 g/mol. The molecule has 22 heavy (non-hydrogen) atoms. The van der Waals surface area contributed by atoms with Gasteiger partial charge < -0.3 is 10.2 Å². The van der Waals surface area contributed by atoms with Crippen LogP contribution in [0.5, 0.6) is 0 Å². The number of thiophene rings is 1. The summed E-state index contributed by atoms with van der Waals surface area (Å²) in [5.74, 6) is -0.610. The van der Waals surface area contributed by atoms with Crippen LogP contribution in [0.1, 0.15) is 10.4 Å². The third kappa shape index (κ3) is 3.16. The second kappa shape index (κ2) is 6.27. The number of aromatic nitrogens is 2. The van der Waals surface area contributed by atoms with Crippen LogP contribution < -0.4 is 10.9 Å². The number of hydrogen-bond donors (Lipinski definition) is 1. The molecular formula is C14H18N4O3S. The lowest BCUT2D eigenvalue weighted by Gasteiger charge is -2.11. The molecule has 0 unspecified atom stereocenters. The van der Waals surface area contributed by atoms with E-state index < -0.39 is 5.91 Å². The average Bonchev–Trinajstić information content (AvgIpc) is 2.75. The van der Waals surface area contributed by atoms with Crippen molar-refractivity contribution in [1.29, 1.82) is 0 Å². The molecule has 0 aliphatic rings. The van der Waals surface area contributed by atoms with Gasteiger partial charge in [0.15, 0.2) is 0 Å². The summed E-state index contributed by atoms with van der Waals surface area (Å²) in [6.45, 7) is 3.56. The van der Waals surface area contributed by atoms with E-state index in [1.807, 2.05) is 13.8 Å². The van der Waals surface area contributed by atoms with Crippen molar-refractivity contribution in [3.63, 3.8) is 0 Å². The van der Waals surface area contributed by atoms with Gasteiger partial charge in [0.05, 0.1) is 18.3 Å². The van der Waals surface area contributed by atoms with E-state index in [1.54, 1.807) is 14.1 Å². The van der Waals surface area contributed by atoms with Crippen LogP contribution in [0.25, 0.3) is 10.2 Å². The zero-order valence-electron chi connectivity index (χ0n) is 13.0. The maximum Gasteiger partial charge on any atom is 0.262 e. The number of aryl methyl sites for hydroxylation is 2. The smallest absolute Gasteiger partial charge is 0.262 e. The summed E-state index contributed by atoms with van der Waals surface area (Å²) >= 11 is 1.46. The van der Waals surface area contributed by atoms with Gasteiger partial charge in [-0.05, 0) is 19.4 Å². The first-order valence-electron chi connectivity index (χ1n) is 6.73. The van der Waals surface area contributed by atoms with Crippen molar-refractivity contribution < 1.29 is 9.59 Å². The van der Waals surface area contributed by atoms with Gasteiger partial charge in [0.25, 0.3) is 5.56 Å².